The minimum absolute atomic E-state index is 0.0913. The van der Waals surface area contributed by atoms with Crippen molar-refractivity contribution < 1.29 is 8.42 Å². The van der Waals surface area contributed by atoms with Crippen LogP contribution in [-0.2, 0) is 10.0 Å². The van der Waals surface area contributed by atoms with E-state index in [0.29, 0.717) is 5.69 Å². The summed E-state index contributed by atoms with van der Waals surface area (Å²) in [4.78, 5) is 3.85. The average molecular weight is 375 g/mol. The van der Waals surface area contributed by atoms with Crippen LogP contribution in [-0.4, -0.2) is 13.4 Å². The van der Waals surface area contributed by atoms with E-state index in [0.717, 1.165) is 3.57 Å². The summed E-state index contributed by atoms with van der Waals surface area (Å²) >= 11 is 2.15. The molecule has 3 N–H and O–H groups in total. The highest BCUT2D eigenvalue weighted by Gasteiger charge is 2.14. The summed E-state index contributed by atoms with van der Waals surface area (Å²) in [6.45, 7) is 0. The average Bonchev–Trinajstić information content (AvgIpc) is 2.32. The third kappa shape index (κ3) is 3.10. The number of hydrogen-bond donors (Lipinski definition) is 2. The van der Waals surface area contributed by atoms with Crippen molar-refractivity contribution in [3.05, 3.63) is 46.2 Å². The van der Waals surface area contributed by atoms with Gasteiger partial charge in [0.2, 0.25) is 0 Å². The van der Waals surface area contributed by atoms with E-state index >= 15 is 0 Å². The standard InChI is InChI=1S/C11H10IN3O2S/c12-8-1-3-9(4-2-8)15-18(16,17)10-5-6-14-11(13)7-10/h1-7,15H,(H2,13,14). The molecule has 0 saturated carbocycles. The van der Waals surface area contributed by atoms with Gasteiger partial charge in [-0.3, -0.25) is 4.72 Å². The summed E-state index contributed by atoms with van der Waals surface area (Å²) < 4.78 is 27.6. The molecule has 0 atom stereocenters. The topological polar surface area (TPSA) is 85.1 Å². The Bertz CT molecular complexity index is 656. The summed E-state index contributed by atoms with van der Waals surface area (Å²) in [6.07, 6.45) is 1.36. The number of nitrogen functional groups attached to an aromatic ring is 1. The highest BCUT2D eigenvalue weighted by molar-refractivity contribution is 14.1. The SMILES string of the molecule is Nc1cc(S(=O)(=O)Nc2ccc(I)cc2)ccn1. The number of halogens is 1. The minimum Gasteiger partial charge on any atom is -0.384 e. The maximum absolute atomic E-state index is 12.0. The van der Waals surface area contributed by atoms with E-state index in [1.165, 1.54) is 18.3 Å². The molecule has 0 bridgehead atoms. The molecule has 1 heterocycles. The summed E-state index contributed by atoms with van der Waals surface area (Å²) in [6, 6.07) is 9.74. The predicted octanol–water partition coefficient (Wildman–Crippen LogP) is 2.07. The maximum atomic E-state index is 12.0. The van der Waals surface area contributed by atoms with Gasteiger partial charge in [0, 0.05) is 21.5 Å². The van der Waals surface area contributed by atoms with Crippen LogP contribution in [0.25, 0.3) is 0 Å². The number of rotatable bonds is 3. The van der Waals surface area contributed by atoms with Crippen LogP contribution in [0.4, 0.5) is 11.5 Å². The molecule has 1 aromatic heterocycles. The summed E-state index contributed by atoms with van der Waals surface area (Å²) in [5.74, 6) is 0.167. The number of aromatic nitrogens is 1. The Labute approximate surface area is 119 Å². The van der Waals surface area contributed by atoms with E-state index < -0.39 is 10.0 Å². The normalized spacial score (nSPS) is 11.2. The van der Waals surface area contributed by atoms with Crippen molar-refractivity contribution in [3.8, 4) is 0 Å². The number of nitrogens with zero attached hydrogens (tertiary/aromatic N) is 1. The van der Waals surface area contributed by atoms with Crippen molar-refractivity contribution in [1.82, 2.24) is 4.98 Å². The second-order valence-electron chi connectivity index (χ2n) is 3.53. The van der Waals surface area contributed by atoms with E-state index in [4.69, 9.17) is 5.73 Å². The molecule has 0 amide bonds. The first-order valence-corrected chi connectivity index (χ1v) is 7.53. The van der Waals surface area contributed by atoms with Crippen molar-refractivity contribution >= 4 is 44.1 Å². The Balaban J connectivity index is 2.30. The first kappa shape index (κ1) is 13.1. The first-order chi connectivity index (χ1) is 8.47. The van der Waals surface area contributed by atoms with Crippen molar-refractivity contribution in [2.75, 3.05) is 10.5 Å². The Morgan fingerprint density at radius 2 is 1.83 bits per heavy atom. The molecular formula is C11H10IN3O2S. The number of sulfonamides is 1. The Morgan fingerprint density at radius 3 is 2.44 bits per heavy atom. The van der Waals surface area contributed by atoms with Gasteiger partial charge in [-0.1, -0.05) is 0 Å². The lowest BCUT2D eigenvalue weighted by molar-refractivity contribution is 0.601. The third-order valence-corrected chi connectivity index (χ3v) is 4.26. The molecule has 18 heavy (non-hydrogen) atoms. The molecular weight excluding hydrogens is 365 g/mol. The fraction of sp³-hybridized carbons (Fsp3) is 0. The molecule has 0 fully saturated rings. The van der Waals surface area contributed by atoms with Gasteiger partial charge in [0.15, 0.2) is 0 Å². The molecule has 0 aliphatic rings. The lowest BCUT2D eigenvalue weighted by Crippen LogP contribution is -2.13. The second kappa shape index (κ2) is 5.11. The lowest BCUT2D eigenvalue weighted by atomic mass is 10.3. The van der Waals surface area contributed by atoms with Gasteiger partial charge in [-0.05, 0) is 52.9 Å². The molecule has 5 nitrogen and oxygen atoms in total. The summed E-state index contributed by atoms with van der Waals surface area (Å²) in [7, 11) is -3.62. The van der Waals surface area contributed by atoms with Gasteiger partial charge in [0.05, 0.1) is 4.90 Å². The molecule has 0 aliphatic carbocycles. The molecule has 2 aromatic rings. The third-order valence-electron chi connectivity index (χ3n) is 2.16. The second-order valence-corrected chi connectivity index (χ2v) is 6.46. The monoisotopic (exact) mass is 375 g/mol. The van der Waals surface area contributed by atoms with Gasteiger partial charge in [0.1, 0.15) is 5.82 Å². The molecule has 0 spiro atoms. The van der Waals surface area contributed by atoms with Gasteiger partial charge >= 0.3 is 0 Å². The van der Waals surface area contributed by atoms with E-state index in [1.54, 1.807) is 12.1 Å². The van der Waals surface area contributed by atoms with Crippen LogP contribution in [0.15, 0.2) is 47.5 Å². The number of hydrogen-bond acceptors (Lipinski definition) is 4. The molecule has 0 radical (unpaired) electrons. The van der Waals surface area contributed by atoms with E-state index in [-0.39, 0.29) is 10.7 Å². The summed E-state index contributed by atoms with van der Waals surface area (Å²) in [5.41, 5.74) is 5.97. The molecule has 0 aliphatic heterocycles. The molecule has 0 unspecified atom stereocenters. The van der Waals surface area contributed by atoms with Crippen LogP contribution in [0.3, 0.4) is 0 Å². The molecule has 2 rings (SSSR count). The number of benzene rings is 1. The van der Waals surface area contributed by atoms with Crippen LogP contribution in [0.1, 0.15) is 0 Å². The first-order valence-electron chi connectivity index (χ1n) is 4.97. The fourth-order valence-corrected chi connectivity index (χ4v) is 2.77. The van der Waals surface area contributed by atoms with Crippen molar-refractivity contribution in [2.45, 2.75) is 4.90 Å². The van der Waals surface area contributed by atoms with Gasteiger partial charge in [-0.2, -0.15) is 0 Å². The molecule has 7 heteroatoms. The van der Waals surface area contributed by atoms with Gasteiger partial charge < -0.3 is 5.73 Å². The van der Waals surface area contributed by atoms with Crippen LogP contribution < -0.4 is 10.5 Å². The van der Waals surface area contributed by atoms with Gasteiger partial charge in [0.25, 0.3) is 10.0 Å². The Morgan fingerprint density at radius 1 is 1.17 bits per heavy atom. The van der Waals surface area contributed by atoms with Crippen LogP contribution in [0.2, 0.25) is 0 Å². The zero-order valence-corrected chi connectivity index (χ0v) is 12.1. The zero-order valence-electron chi connectivity index (χ0n) is 9.17. The highest BCUT2D eigenvalue weighted by atomic mass is 127. The number of nitrogens with one attached hydrogen (secondary N) is 1. The zero-order chi connectivity index (χ0) is 13.2. The van der Waals surface area contributed by atoms with Crippen LogP contribution >= 0.6 is 22.6 Å². The molecule has 0 saturated heterocycles. The van der Waals surface area contributed by atoms with Crippen molar-refractivity contribution in [1.29, 1.82) is 0 Å². The van der Waals surface area contributed by atoms with E-state index in [2.05, 4.69) is 32.3 Å². The van der Waals surface area contributed by atoms with E-state index in [1.807, 2.05) is 12.1 Å². The smallest absolute Gasteiger partial charge is 0.262 e. The summed E-state index contributed by atoms with van der Waals surface area (Å²) in [5, 5.41) is 0. The van der Waals surface area contributed by atoms with Crippen LogP contribution in [0.5, 0.6) is 0 Å². The highest BCUT2D eigenvalue weighted by Crippen LogP contribution is 2.17. The lowest BCUT2D eigenvalue weighted by Gasteiger charge is -2.08. The van der Waals surface area contributed by atoms with Crippen molar-refractivity contribution in [2.24, 2.45) is 0 Å². The quantitative estimate of drug-likeness (QED) is 0.805. The molecule has 1 aromatic carbocycles. The minimum atomic E-state index is -3.62. The Kier molecular flexibility index (Phi) is 3.71. The molecule has 94 valence electrons. The number of pyridine rings is 1. The van der Waals surface area contributed by atoms with Crippen LogP contribution in [0, 0.1) is 3.57 Å². The fourth-order valence-electron chi connectivity index (χ4n) is 1.33. The predicted molar refractivity (Wildman–Crippen MR) is 78.6 cm³/mol. The van der Waals surface area contributed by atoms with E-state index in [9.17, 15) is 8.42 Å². The van der Waals surface area contributed by atoms with Crippen molar-refractivity contribution in [3.63, 3.8) is 0 Å². The number of anilines is 2. The maximum Gasteiger partial charge on any atom is 0.262 e. The Hall–Kier alpha value is -1.35. The van der Waals surface area contributed by atoms with Gasteiger partial charge in [-0.15, -0.1) is 0 Å². The van der Waals surface area contributed by atoms with Gasteiger partial charge in [-0.25, -0.2) is 13.4 Å². The largest absolute Gasteiger partial charge is 0.384 e. The number of nitrogens with two attached hydrogens (primary N) is 1.